The van der Waals surface area contributed by atoms with Gasteiger partial charge in [-0.2, -0.15) is 4.31 Å². The maximum absolute atomic E-state index is 12.9. The summed E-state index contributed by atoms with van der Waals surface area (Å²) in [5, 5.41) is 0. The van der Waals surface area contributed by atoms with Crippen LogP contribution in [0.3, 0.4) is 0 Å². The molecule has 1 aromatic rings. The van der Waals surface area contributed by atoms with Gasteiger partial charge in [0, 0.05) is 12.1 Å². The zero-order valence-electron chi connectivity index (χ0n) is 13.0. The molecule has 4 nitrogen and oxygen atoms in total. The van der Waals surface area contributed by atoms with E-state index in [2.05, 4.69) is 4.74 Å². The quantitative estimate of drug-likeness (QED) is 0.808. The number of hydrogen-bond donors (Lipinski definition) is 0. The van der Waals surface area contributed by atoms with E-state index in [9.17, 15) is 21.6 Å². The Hall–Kier alpha value is -1.28. The molecule has 23 heavy (non-hydrogen) atoms. The molecule has 0 radical (unpaired) electrons. The predicted molar refractivity (Wildman–Crippen MR) is 79.5 cm³/mol. The molecule has 1 aliphatic rings. The summed E-state index contributed by atoms with van der Waals surface area (Å²) in [5.74, 6) is -0.691. The Bertz CT molecular complexity index is 638. The van der Waals surface area contributed by atoms with Crippen LogP contribution in [0.2, 0.25) is 0 Å². The first-order valence-electron chi connectivity index (χ1n) is 7.51. The molecule has 0 unspecified atom stereocenters. The molecule has 1 aliphatic carbocycles. The number of nitrogens with zero attached hydrogens (tertiary/aromatic N) is 1. The van der Waals surface area contributed by atoms with E-state index in [4.69, 9.17) is 0 Å². The smallest absolute Gasteiger partial charge is 0.404 e. The number of para-hydroxylation sites is 1. The van der Waals surface area contributed by atoms with Crippen LogP contribution in [0, 0.1) is 0 Å². The van der Waals surface area contributed by atoms with Gasteiger partial charge >= 0.3 is 6.36 Å². The maximum Gasteiger partial charge on any atom is 0.573 e. The highest BCUT2D eigenvalue weighted by Crippen LogP contribution is 2.35. The van der Waals surface area contributed by atoms with Crippen molar-refractivity contribution in [3.8, 4) is 5.75 Å². The fourth-order valence-corrected chi connectivity index (χ4v) is 5.04. The minimum absolute atomic E-state index is 0.182. The molecule has 0 aromatic heterocycles. The third-order valence-corrected chi connectivity index (χ3v) is 5.99. The Kier molecular flexibility index (Phi) is 5.25. The molecule has 0 aliphatic heterocycles. The summed E-state index contributed by atoms with van der Waals surface area (Å²) in [7, 11) is -4.08. The minimum atomic E-state index is -4.94. The Morgan fingerprint density at radius 2 is 1.74 bits per heavy atom. The SMILES string of the molecule is CC(C)N(C1CCCC1)S(=O)(=O)c1ccccc1OC(F)(F)F. The zero-order chi connectivity index (χ0) is 17.3. The summed E-state index contributed by atoms with van der Waals surface area (Å²) in [6.07, 6.45) is -1.66. The number of halogens is 3. The summed E-state index contributed by atoms with van der Waals surface area (Å²) < 4.78 is 68.7. The Labute approximate surface area is 134 Å². The van der Waals surface area contributed by atoms with Crippen molar-refractivity contribution in [1.29, 1.82) is 0 Å². The lowest BCUT2D eigenvalue weighted by molar-refractivity contribution is -0.275. The Morgan fingerprint density at radius 3 is 2.26 bits per heavy atom. The van der Waals surface area contributed by atoms with Gasteiger partial charge in [0.2, 0.25) is 10.0 Å². The molecule has 0 amide bonds. The van der Waals surface area contributed by atoms with Crippen molar-refractivity contribution in [1.82, 2.24) is 4.31 Å². The average Bonchev–Trinajstić information content (AvgIpc) is 2.90. The summed E-state index contributed by atoms with van der Waals surface area (Å²) >= 11 is 0. The van der Waals surface area contributed by atoms with E-state index < -0.39 is 27.0 Å². The van der Waals surface area contributed by atoms with E-state index >= 15 is 0 Å². The fraction of sp³-hybridized carbons (Fsp3) is 0.600. The van der Waals surface area contributed by atoms with E-state index in [0.29, 0.717) is 0 Å². The topological polar surface area (TPSA) is 46.6 Å². The molecular weight excluding hydrogens is 331 g/mol. The van der Waals surface area contributed by atoms with Crippen LogP contribution in [0.15, 0.2) is 29.2 Å². The van der Waals surface area contributed by atoms with Gasteiger partial charge in [0.1, 0.15) is 10.6 Å². The number of sulfonamides is 1. The van der Waals surface area contributed by atoms with E-state index in [-0.39, 0.29) is 12.1 Å². The molecule has 2 rings (SSSR count). The van der Waals surface area contributed by atoms with Crippen LogP contribution in [-0.4, -0.2) is 31.2 Å². The zero-order valence-corrected chi connectivity index (χ0v) is 13.8. The van der Waals surface area contributed by atoms with Crippen LogP contribution in [0.4, 0.5) is 13.2 Å². The van der Waals surface area contributed by atoms with Crippen molar-refractivity contribution in [2.45, 2.75) is 62.9 Å². The number of benzene rings is 1. The first kappa shape index (κ1) is 18.1. The summed E-state index contributed by atoms with van der Waals surface area (Å²) in [5.41, 5.74) is 0. The van der Waals surface area contributed by atoms with Crippen molar-refractivity contribution in [2.75, 3.05) is 0 Å². The molecule has 0 atom stereocenters. The van der Waals surface area contributed by atoms with Gasteiger partial charge in [0.15, 0.2) is 0 Å². The highest BCUT2D eigenvalue weighted by atomic mass is 32.2. The van der Waals surface area contributed by atoms with Crippen molar-refractivity contribution >= 4 is 10.0 Å². The molecule has 0 saturated heterocycles. The summed E-state index contributed by atoms with van der Waals surface area (Å²) in [4.78, 5) is -0.446. The Morgan fingerprint density at radius 1 is 1.17 bits per heavy atom. The van der Waals surface area contributed by atoms with E-state index in [0.717, 1.165) is 37.8 Å². The molecule has 1 aromatic carbocycles. The molecular formula is C15H20F3NO3S. The van der Waals surface area contributed by atoms with Crippen LogP contribution in [0.1, 0.15) is 39.5 Å². The van der Waals surface area contributed by atoms with Crippen LogP contribution in [0.25, 0.3) is 0 Å². The van der Waals surface area contributed by atoms with Crippen molar-refractivity contribution < 1.29 is 26.3 Å². The lowest BCUT2D eigenvalue weighted by atomic mass is 10.2. The molecule has 130 valence electrons. The highest BCUT2D eigenvalue weighted by molar-refractivity contribution is 7.89. The second-order valence-electron chi connectivity index (χ2n) is 5.86. The van der Waals surface area contributed by atoms with Crippen molar-refractivity contribution in [3.63, 3.8) is 0 Å². The first-order chi connectivity index (χ1) is 10.6. The molecule has 0 spiro atoms. The van der Waals surface area contributed by atoms with Gasteiger partial charge in [-0.05, 0) is 38.8 Å². The van der Waals surface area contributed by atoms with Crippen molar-refractivity contribution in [2.24, 2.45) is 0 Å². The number of rotatable bonds is 5. The lowest BCUT2D eigenvalue weighted by Gasteiger charge is -2.32. The second kappa shape index (κ2) is 6.68. The van der Waals surface area contributed by atoms with Gasteiger partial charge in [0.05, 0.1) is 0 Å². The summed E-state index contributed by atoms with van der Waals surface area (Å²) in [6, 6.07) is 4.35. The lowest BCUT2D eigenvalue weighted by Crippen LogP contribution is -2.43. The van der Waals surface area contributed by atoms with Crippen LogP contribution < -0.4 is 4.74 Å². The van der Waals surface area contributed by atoms with Crippen LogP contribution in [-0.2, 0) is 10.0 Å². The van der Waals surface area contributed by atoms with Gasteiger partial charge in [-0.3, -0.25) is 0 Å². The highest BCUT2D eigenvalue weighted by Gasteiger charge is 2.39. The monoisotopic (exact) mass is 351 g/mol. The van der Waals surface area contributed by atoms with Gasteiger partial charge in [-0.1, -0.05) is 25.0 Å². The van der Waals surface area contributed by atoms with Crippen LogP contribution >= 0.6 is 0 Å². The third-order valence-electron chi connectivity index (χ3n) is 3.82. The van der Waals surface area contributed by atoms with Gasteiger partial charge in [0.25, 0.3) is 0 Å². The van der Waals surface area contributed by atoms with Gasteiger partial charge < -0.3 is 4.74 Å². The first-order valence-corrected chi connectivity index (χ1v) is 8.95. The number of hydrogen-bond acceptors (Lipinski definition) is 3. The molecule has 1 saturated carbocycles. The summed E-state index contributed by atoms with van der Waals surface area (Å²) in [6.45, 7) is 3.45. The van der Waals surface area contributed by atoms with E-state index in [1.165, 1.54) is 16.4 Å². The third kappa shape index (κ3) is 4.17. The van der Waals surface area contributed by atoms with Crippen molar-refractivity contribution in [3.05, 3.63) is 24.3 Å². The van der Waals surface area contributed by atoms with Gasteiger partial charge in [-0.15, -0.1) is 13.2 Å². The van der Waals surface area contributed by atoms with Crippen LogP contribution in [0.5, 0.6) is 5.75 Å². The minimum Gasteiger partial charge on any atom is -0.404 e. The largest absolute Gasteiger partial charge is 0.573 e. The van der Waals surface area contributed by atoms with E-state index in [1.807, 2.05) is 0 Å². The van der Waals surface area contributed by atoms with Gasteiger partial charge in [-0.25, -0.2) is 8.42 Å². The predicted octanol–water partition coefficient (Wildman–Crippen LogP) is 3.93. The normalized spacial score (nSPS) is 17.2. The Balaban J connectivity index is 2.45. The molecule has 0 bridgehead atoms. The fourth-order valence-electron chi connectivity index (χ4n) is 3.04. The molecule has 1 fully saturated rings. The molecule has 0 N–H and O–H groups in total. The second-order valence-corrected chi connectivity index (χ2v) is 7.67. The molecule has 8 heteroatoms. The average molecular weight is 351 g/mol. The standard InChI is InChI=1S/C15H20F3NO3S/c1-11(2)19(12-7-3-4-8-12)23(20,21)14-10-6-5-9-13(14)22-15(16,17)18/h5-6,9-12H,3-4,7-8H2,1-2H3. The maximum atomic E-state index is 12.9. The number of alkyl halides is 3. The molecule has 0 heterocycles. The number of ether oxygens (including phenoxy) is 1. The van der Waals surface area contributed by atoms with E-state index in [1.54, 1.807) is 13.8 Å².